The zero-order valence-corrected chi connectivity index (χ0v) is 16.8. The molecule has 154 valence electrons. The number of nitrogens with zero attached hydrogens (tertiary/aromatic N) is 1. The number of anilines is 1. The summed E-state index contributed by atoms with van der Waals surface area (Å²) in [7, 11) is 1.55. The van der Waals surface area contributed by atoms with Crippen molar-refractivity contribution < 1.29 is 14.2 Å². The Kier molecular flexibility index (Phi) is 5.43. The third-order valence-corrected chi connectivity index (χ3v) is 5.69. The Labute approximate surface area is 170 Å². The maximum Gasteiger partial charge on any atom is 0.134 e. The second-order valence-electron chi connectivity index (χ2n) is 7.85. The molecule has 2 aromatic rings. The molecule has 1 saturated heterocycles. The average molecular weight is 398 g/mol. The number of rotatable bonds is 6. The van der Waals surface area contributed by atoms with Gasteiger partial charge in [-0.2, -0.15) is 0 Å². The zero-order valence-electron chi connectivity index (χ0n) is 16.8. The number of halogens is 1. The molecule has 0 aliphatic carbocycles. The first kappa shape index (κ1) is 19.7. The second kappa shape index (κ2) is 8.00. The lowest BCUT2D eigenvalue weighted by Crippen LogP contribution is -2.44. The predicted octanol–water partition coefficient (Wildman–Crippen LogP) is 2.75. The van der Waals surface area contributed by atoms with E-state index in [1.165, 1.54) is 6.07 Å². The van der Waals surface area contributed by atoms with Crippen molar-refractivity contribution >= 4 is 11.4 Å². The lowest BCUT2D eigenvalue weighted by molar-refractivity contribution is 0.222. The van der Waals surface area contributed by atoms with E-state index in [2.05, 4.69) is 16.0 Å². The van der Waals surface area contributed by atoms with Gasteiger partial charge >= 0.3 is 0 Å². The number of pyridine rings is 1. The van der Waals surface area contributed by atoms with E-state index in [0.29, 0.717) is 24.3 Å². The molecular weight excluding hydrogens is 371 g/mol. The van der Waals surface area contributed by atoms with Crippen LogP contribution >= 0.6 is 0 Å². The molecule has 1 aromatic heterocycles. The van der Waals surface area contributed by atoms with Crippen LogP contribution in [0.5, 0.6) is 5.75 Å². The first-order chi connectivity index (χ1) is 14.0. The summed E-state index contributed by atoms with van der Waals surface area (Å²) in [6.07, 6.45) is 3.30. The van der Waals surface area contributed by atoms with Gasteiger partial charge in [0, 0.05) is 19.2 Å². The molecule has 2 aliphatic rings. The highest BCUT2D eigenvalue weighted by Gasteiger charge is 2.33. The molecule has 2 unspecified atom stereocenters. The van der Waals surface area contributed by atoms with E-state index in [-0.39, 0.29) is 24.0 Å². The highest BCUT2D eigenvalue weighted by atomic mass is 19.1. The van der Waals surface area contributed by atoms with Gasteiger partial charge in [-0.15, -0.1) is 0 Å². The van der Waals surface area contributed by atoms with Gasteiger partial charge in [0.05, 0.1) is 36.6 Å². The number of aryl methyl sites for hydroxylation is 1. The van der Waals surface area contributed by atoms with Crippen LogP contribution in [0.25, 0.3) is 5.57 Å². The lowest BCUT2D eigenvalue weighted by atomic mass is 9.98. The van der Waals surface area contributed by atoms with Gasteiger partial charge in [-0.25, -0.2) is 9.37 Å². The van der Waals surface area contributed by atoms with Gasteiger partial charge in [-0.1, -0.05) is 6.07 Å². The van der Waals surface area contributed by atoms with Crippen molar-refractivity contribution in [3.63, 3.8) is 0 Å². The molecule has 0 spiro atoms. The summed E-state index contributed by atoms with van der Waals surface area (Å²) in [6.45, 7) is 3.65. The van der Waals surface area contributed by atoms with Crippen LogP contribution in [0.2, 0.25) is 0 Å². The Morgan fingerprint density at radius 2 is 2.24 bits per heavy atom. The summed E-state index contributed by atoms with van der Waals surface area (Å²) >= 11 is 0. The number of hydrogen-bond donors (Lipinski definition) is 4. The van der Waals surface area contributed by atoms with Gasteiger partial charge in [0.1, 0.15) is 17.4 Å². The molecular formula is C22H27FN4O2. The fourth-order valence-electron chi connectivity index (χ4n) is 4.12. The van der Waals surface area contributed by atoms with Gasteiger partial charge < -0.3 is 25.8 Å². The Bertz CT molecular complexity index is 925. The van der Waals surface area contributed by atoms with Crippen molar-refractivity contribution in [3.05, 3.63) is 59.2 Å². The van der Waals surface area contributed by atoms with E-state index in [9.17, 15) is 9.50 Å². The number of aliphatic hydroxyl groups is 1. The van der Waals surface area contributed by atoms with E-state index in [1.807, 2.05) is 25.3 Å². The molecule has 2 aliphatic heterocycles. The van der Waals surface area contributed by atoms with Crippen molar-refractivity contribution in [3.8, 4) is 5.75 Å². The number of nitrogens with one attached hydrogen (secondary N) is 3. The summed E-state index contributed by atoms with van der Waals surface area (Å²) in [5.41, 5.74) is 2.93. The molecule has 7 heteroatoms. The molecule has 4 rings (SSSR count). The Balaban J connectivity index is 1.56. The van der Waals surface area contributed by atoms with Crippen LogP contribution in [0.1, 0.15) is 35.7 Å². The molecule has 29 heavy (non-hydrogen) atoms. The molecule has 4 N–H and O–H groups in total. The zero-order chi connectivity index (χ0) is 20.4. The number of methoxy groups -OCH3 is 1. The Hall–Kier alpha value is -2.64. The Morgan fingerprint density at radius 3 is 2.97 bits per heavy atom. The summed E-state index contributed by atoms with van der Waals surface area (Å²) in [4.78, 5) is 4.79. The highest BCUT2D eigenvalue weighted by molar-refractivity contribution is 5.73. The standard InChI is InChI=1S/C22H27FN4O2/c1-14-8-18(26-20(9-14)27-22(13-28)6-7-24-12-22)17-10-15(11-25-17)21-16(23)4-3-5-19(21)29-2/h3-5,8-9,11,17,24-25,28H,6-7,10,12-13H2,1-2H3,(H,26,27). The van der Waals surface area contributed by atoms with Crippen molar-refractivity contribution in [2.24, 2.45) is 0 Å². The van der Waals surface area contributed by atoms with Crippen molar-refractivity contribution in [1.82, 2.24) is 15.6 Å². The van der Waals surface area contributed by atoms with E-state index >= 15 is 0 Å². The maximum absolute atomic E-state index is 14.5. The predicted molar refractivity (Wildman–Crippen MR) is 111 cm³/mol. The minimum atomic E-state index is -0.384. The number of aromatic nitrogens is 1. The van der Waals surface area contributed by atoms with Crippen molar-refractivity contribution in [1.29, 1.82) is 0 Å². The fourth-order valence-corrected chi connectivity index (χ4v) is 4.12. The second-order valence-corrected chi connectivity index (χ2v) is 7.85. The minimum absolute atomic E-state index is 0.0470. The van der Waals surface area contributed by atoms with E-state index in [0.717, 1.165) is 35.6 Å². The number of benzene rings is 1. The van der Waals surface area contributed by atoms with Gasteiger partial charge in [0.25, 0.3) is 0 Å². The molecule has 6 nitrogen and oxygen atoms in total. The van der Waals surface area contributed by atoms with Crippen LogP contribution in [0.15, 0.2) is 36.5 Å². The summed E-state index contributed by atoms with van der Waals surface area (Å²) in [5, 5.41) is 19.9. The van der Waals surface area contributed by atoms with Gasteiger partial charge in [-0.05, 0) is 55.3 Å². The molecule has 2 atom stereocenters. The van der Waals surface area contributed by atoms with Crippen LogP contribution in [0.4, 0.5) is 10.2 Å². The molecule has 0 amide bonds. The number of aliphatic hydroxyl groups excluding tert-OH is 1. The Morgan fingerprint density at radius 1 is 1.38 bits per heavy atom. The van der Waals surface area contributed by atoms with Crippen molar-refractivity contribution in [2.45, 2.75) is 31.3 Å². The molecule has 0 bridgehead atoms. The number of ether oxygens (including phenoxy) is 1. The highest BCUT2D eigenvalue weighted by Crippen LogP contribution is 2.38. The van der Waals surface area contributed by atoms with Crippen molar-refractivity contribution in [2.75, 3.05) is 32.1 Å². The summed E-state index contributed by atoms with van der Waals surface area (Å²) in [5.74, 6) is 0.976. The SMILES string of the molecule is COc1cccc(F)c1C1=CNC(c2cc(C)cc(NC3(CO)CCNC3)n2)C1. The third-order valence-electron chi connectivity index (χ3n) is 5.69. The minimum Gasteiger partial charge on any atom is -0.496 e. The smallest absolute Gasteiger partial charge is 0.134 e. The van der Waals surface area contributed by atoms with E-state index < -0.39 is 0 Å². The van der Waals surface area contributed by atoms with Crippen LogP contribution in [0.3, 0.4) is 0 Å². The lowest BCUT2D eigenvalue weighted by Gasteiger charge is -2.28. The largest absolute Gasteiger partial charge is 0.496 e. The maximum atomic E-state index is 14.5. The van der Waals surface area contributed by atoms with Crippen LogP contribution in [-0.2, 0) is 0 Å². The molecule has 1 fully saturated rings. The molecule has 3 heterocycles. The summed E-state index contributed by atoms with van der Waals surface area (Å²) in [6, 6.07) is 8.83. The van der Waals surface area contributed by atoms with Gasteiger partial charge in [0.2, 0.25) is 0 Å². The quantitative estimate of drug-likeness (QED) is 0.599. The van der Waals surface area contributed by atoms with Crippen LogP contribution < -0.4 is 20.7 Å². The molecule has 0 saturated carbocycles. The van der Waals surface area contributed by atoms with Gasteiger partial charge in [0.15, 0.2) is 0 Å². The topological polar surface area (TPSA) is 78.4 Å². The average Bonchev–Trinajstić information content (AvgIpc) is 3.37. The molecule has 1 aromatic carbocycles. The monoisotopic (exact) mass is 398 g/mol. The van der Waals surface area contributed by atoms with Crippen LogP contribution in [-0.4, -0.2) is 42.4 Å². The first-order valence-electron chi connectivity index (χ1n) is 9.90. The van der Waals surface area contributed by atoms with Gasteiger partial charge in [-0.3, -0.25) is 0 Å². The first-order valence-corrected chi connectivity index (χ1v) is 9.90. The normalized spacial score (nSPS) is 23.6. The molecule has 0 radical (unpaired) electrons. The van der Waals surface area contributed by atoms with E-state index in [1.54, 1.807) is 19.2 Å². The summed E-state index contributed by atoms with van der Waals surface area (Å²) < 4.78 is 19.8. The number of hydrogen-bond acceptors (Lipinski definition) is 6. The van der Waals surface area contributed by atoms with Crippen LogP contribution in [0, 0.1) is 12.7 Å². The third kappa shape index (κ3) is 3.93. The fraction of sp³-hybridized carbons (Fsp3) is 0.409. The van der Waals surface area contributed by atoms with E-state index in [4.69, 9.17) is 9.72 Å².